The highest BCUT2D eigenvalue weighted by molar-refractivity contribution is 5.83. The van der Waals surface area contributed by atoms with E-state index < -0.39 is 0 Å². The van der Waals surface area contributed by atoms with Gasteiger partial charge < -0.3 is 19.4 Å². The van der Waals surface area contributed by atoms with Gasteiger partial charge in [-0.2, -0.15) is 0 Å². The molecule has 0 radical (unpaired) electrons. The average molecular weight is 438 g/mol. The van der Waals surface area contributed by atoms with Crippen molar-refractivity contribution in [2.75, 3.05) is 40.0 Å². The second-order valence-corrected chi connectivity index (χ2v) is 9.01. The fourth-order valence-corrected chi connectivity index (χ4v) is 5.18. The number of pyridine rings is 1. The number of hydrogen-bond donors (Lipinski definition) is 1. The van der Waals surface area contributed by atoms with Gasteiger partial charge in [-0.25, -0.2) is 4.68 Å². The first-order valence-electron chi connectivity index (χ1n) is 11.3. The van der Waals surface area contributed by atoms with E-state index in [9.17, 15) is 4.79 Å². The van der Waals surface area contributed by atoms with Gasteiger partial charge in [-0.05, 0) is 42.4 Å². The van der Waals surface area contributed by atoms with Crippen molar-refractivity contribution in [3.8, 4) is 11.5 Å². The molecule has 0 bridgehead atoms. The molecule has 32 heavy (non-hydrogen) atoms. The third-order valence-corrected chi connectivity index (χ3v) is 7.00. The van der Waals surface area contributed by atoms with Crippen LogP contribution in [0.15, 0.2) is 23.0 Å². The Morgan fingerprint density at radius 2 is 1.81 bits per heavy atom. The Hall–Kier alpha value is -2.98. The highest BCUT2D eigenvalue weighted by Crippen LogP contribution is 2.37. The van der Waals surface area contributed by atoms with Crippen molar-refractivity contribution >= 4 is 10.9 Å². The topological polar surface area (TPSA) is 101 Å². The largest absolute Gasteiger partial charge is 0.454 e. The molecule has 1 aliphatic carbocycles. The molecule has 1 N–H and O–H groups in total. The molecule has 3 aliphatic rings. The van der Waals surface area contributed by atoms with Gasteiger partial charge in [0.2, 0.25) is 6.79 Å². The van der Waals surface area contributed by atoms with Crippen molar-refractivity contribution in [2.24, 2.45) is 0 Å². The van der Waals surface area contributed by atoms with E-state index in [2.05, 4.69) is 37.4 Å². The molecule has 4 heterocycles. The van der Waals surface area contributed by atoms with E-state index in [4.69, 9.17) is 9.47 Å². The maximum atomic E-state index is 13.4. The van der Waals surface area contributed by atoms with Crippen molar-refractivity contribution in [1.82, 2.24) is 35.0 Å². The molecule has 1 atom stereocenters. The molecule has 1 aromatic carbocycles. The zero-order valence-corrected chi connectivity index (χ0v) is 18.2. The number of H-pyrrole nitrogens is 1. The van der Waals surface area contributed by atoms with Crippen LogP contribution >= 0.6 is 0 Å². The van der Waals surface area contributed by atoms with Crippen LogP contribution in [0.25, 0.3) is 10.9 Å². The smallest absolute Gasteiger partial charge is 0.253 e. The zero-order chi connectivity index (χ0) is 21.7. The summed E-state index contributed by atoms with van der Waals surface area (Å²) in [5.74, 6) is 2.11. The molecule has 2 fully saturated rings. The normalized spacial score (nSPS) is 20.9. The molecule has 6 rings (SSSR count). The lowest BCUT2D eigenvalue weighted by Crippen LogP contribution is -2.47. The van der Waals surface area contributed by atoms with Crippen molar-refractivity contribution in [1.29, 1.82) is 0 Å². The predicted molar refractivity (Wildman–Crippen MR) is 117 cm³/mol. The van der Waals surface area contributed by atoms with Crippen LogP contribution in [-0.4, -0.2) is 75.0 Å². The first-order valence-corrected chi connectivity index (χ1v) is 11.3. The van der Waals surface area contributed by atoms with Crippen LogP contribution in [0.5, 0.6) is 11.5 Å². The fourth-order valence-electron chi connectivity index (χ4n) is 5.18. The molecule has 10 heteroatoms. The Balaban J connectivity index is 1.48. The van der Waals surface area contributed by atoms with Crippen LogP contribution in [0.1, 0.15) is 49.2 Å². The molecule has 1 unspecified atom stereocenters. The summed E-state index contributed by atoms with van der Waals surface area (Å²) in [7, 11) is 2.13. The van der Waals surface area contributed by atoms with E-state index in [1.165, 1.54) is 12.8 Å². The van der Waals surface area contributed by atoms with Gasteiger partial charge in [-0.15, -0.1) is 5.10 Å². The van der Waals surface area contributed by atoms with Crippen LogP contribution in [-0.2, 0) is 0 Å². The van der Waals surface area contributed by atoms with Crippen molar-refractivity contribution in [3.05, 3.63) is 39.9 Å². The Morgan fingerprint density at radius 1 is 1.06 bits per heavy atom. The van der Waals surface area contributed by atoms with Gasteiger partial charge in [0.05, 0.1) is 11.6 Å². The number of rotatable bonds is 4. The number of aromatic amines is 1. The van der Waals surface area contributed by atoms with Gasteiger partial charge in [-0.1, -0.05) is 12.8 Å². The molecule has 2 aromatic heterocycles. The summed E-state index contributed by atoms with van der Waals surface area (Å²) in [5, 5.41) is 13.8. The van der Waals surface area contributed by atoms with Crippen LogP contribution < -0.4 is 15.0 Å². The summed E-state index contributed by atoms with van der Waals surface area (Å²) in [6.45, 7) is 3.76. The summed E-state index contributed by atoms with van der Waals surface area (Å²) < 4.78 is 13.0. The molecule has 1 saturated carbocycles. The minimum atomic E-state index is -0.308. The molecular formula is C22H27N7O3. The number of likely N-dealkylation sites (N-methyl/N-ethyl adjacent to an activating group) is 1. The zero-order valence-electron chi connectivity index (χ0n) is 18.2. The van der Waals surface area contributed by atoms with Gasteiger partial charge >= 0.3 is 0 Å². The van der Waals surface area contributed by atoms with Gasteiger partial charge in [0, 0.05) is 43.2 Å². The van der Waals surface area contributed by atoms with Crippen LogP contribution in [0.3, 0.4) is 0 Å². The summed E-state index contributed by atoms with van der Waals surface area (Å²) in [5.41, 5.74) is 1.27. The van der Waals surface area contributed by atoms with E-state index in [0.717, 1.165) is 55.7 Å². The number of benzene rings is 1. The Morgan fingerprint density at radius 3 is 2.59 bits per heavy atom. The molecule has 0 spiro atoms. The van der Waals surface area contributed by atoms with E-state index in [0.29, 0.717) is 23.1 Å². The first kappa shape index (κ1) is 19.7. The number of piperazine rings is 1. The van der Waals surface area contributed by atoms with Gasteiger partial charge in [-0.3, -0.25) is 9.69 Å². The van der Waals surface area contributed by atoms with Crippen LogP contribution in [0.2, 0.25) is 0 Å². The molecular weight excluding hydrogens is 410 g/mol. The summed E-state index contributed by atoms with van der Waals surface area (Å²) >= 11 is 0. The lowest BCUT2D eigenvalue weighted by molar-refractivity contribution is 0.120. The van der Waals surface area contributed by atoms with E-state index in [1.807, 2.05) is 22.9 Å². The molecule has 0 amide bonds. The molecule has 1 saturated heterocycles. The lowest BCUT2D eigenvalue weighted by atomic mass is 10.0. The maximum Gasteiger partial charge on any atom is 0.253 e. The fraction of sp³-hybridized carbons (Fsp3) is 0.545. The molecule has 2 aliphatic heterocycles. The van der Waals surface area contributed by atoms with Crippen LogP contribution in [0, 0.1) is 0 Å². The van der Waals surface area contributed by atoms with Gasteiger partial charge in [0.25, 0.3) is 5.56 Å². The third kappa shape index (κ3) is 3.34. The van der Waals surface area contributed by atoms with Gasteiger partial charge in [0.15, 0.2) is 17.3 Å². The Bertz CT molecular complexity index is 1190. The Kier molecular flexibility index (Phi) is 4.83. The van der Waals surface area contributed by atoms with Crippen molar-refractivity contribution < 1.29 is 9.47 Å². The SMILES string of the molecule is CN1CCN(C(c2cc3cc4c(cc3[nH]c2=O)OCO4)c2nnnn2C2CCCC2)CC1. The monoisotopic (exact) mass is 437 g/mol. The number of tetrazole rings is 1. The second-order valence-electron chi connectivity index (χ2n) is 9.01. The number of fused-ring (bicyclic) bond motifs is 2. The number of nitrogens with zero attached hydrogens (tertiary/aromatic N) is 6. The average Bonchev–Trinajstić information content (AvgIpc) is 3.55. The Labute approximate surface area is 185 Å². The highest BCUT2D eigenvalue weighted by atomic mass is 16.7. The standard InChI is InChI=1S/C22H27N7O3/c1-27-6-8-28(9-7-27)20(21-24-25-26-29(21)15-4-2-3-5-15)16-10-14-11-18-19(32-13-31-18)12-17(14)23-22(16)30/h10-12,15,20H,2-9,13H2,1H3,(H,23,30). The quantitative estimate of drug-likeness (QED) is 0.658. The van der Waals surface area contributed by atoms with Crippen molar-refractivity contribution in [2.45, 2.75) is 37.8 Å². The summed E-state index contributed by atoms with van der Waals surface area (Å²) in [4.78, 5) is 21.1. The predicted octanol–water partition coefficient (Wildman–Crippen LogP) is 1.70. The molecule has 168 valence electrons. The minimum absolute atomic E-state index is 0.124. The number of hydrogen-bond acceptors (Lipinski definition) is 8. The van der Waals surface area contributed by atoms with Crippen LogP contribution in [0.4, 0.5) is 0 Å². The highest BCUT2D eigenvalue weighted by Gasteiger charge is 2.34. The number of nitrogens with one attached hydrogen (secondary N) is 1. The first-order chi connectivity index (χ1) is 15.7. The summed E-state index contributed by atoms with van der Waals surface area (Å²) in [6, 6.07) is 5.71. The third-order valence-electron chi connectivity index (χ3n) is 7.00. The number of ether oxygens (including phenoxy) is 2. The molecule has 3 aromatic rings. The lowest BCUT2D eigenvalue weighted by Gasteiger charge is -2.37. The number of aromatic nitrogens is 5. The molecule has 10 nitrogen and oxygen atoms in total. The second kappa shape index (κ2) is 7.86. The summed E-state index contributed by atoms with van der Waals surface area (Å²) in [6.07, 6.45) is 4.52. The van der Waals surface area contributed by atoms with Gasteiger partial charge in [0.1, 0.15) is 6.04 Å². The van der Waals surface area contributed by atoms with E-state index in [1.54, 1.807) is 0 Å². The van der Waals surface area contributed by atoms with Crippen molar-refractivity contribution in [3.63, 3.8) is 0 Å². The van der Waals surface area contributed by atoms with E-state index >= 15 is 0 Å². The van der Waals surface area contributed by atoms with E-state index in [-0.39, 0.29) is 18.4 Å². The minimum Gasteiger partial charge on any atom is -0.454 e. The maximum absolute atomic E-state index is 13.4.